The Bertz CT molecular complexity index is 1590. The molecule has 16 heteroatoms. The van der Waals surface area contributed by atoms with Gasteiger partial charge in [0.15, 0.2) is 5.92 Å². The second-order valence-corrected chi connectivity index (χ2v) is 12.3. The zero-order valence-corrected chi connectivity index (χ0v) is 27.0. The number of para-hydroxylation sites is 1. The normalized spacial score (nSPS) is 13.7. The SMILES string of the molecule is CSCC[C@H](NC(=O)[C@H](N)Cc1c[nH]c2ccccc12)C(=O)N[C@@H](Cc1ccc(Cl)cc1)C(=O)N[C@H](CC(C(=O)O)C(=O)O)C(N)=O. The van der Waals surface area contributed by atoms with Crippen molar-refractivity contribution < 1.29 is 39.0 Å². The molecule has 47 heavy (non-hydrogen) atoms. The van der Waals surface area contributed by atoms with Crippen LogP contribution in [-0.2, 0) is 41.6 Å². The summed E-state index contributed by atoms with van der Waals surface area (Å²) in [6.45, 7) is 0. The van der Waals surface area contributed by atoms with Crippen LogP contribution in [0.2, 0.25) is 5.02 Å². The number of carboxylic acid groups (broad SMARTS) is 2. The molecule has 0 aliphatic rings. The number of nitrogens with one attached hydrogen (secondary N) is 4. The molecule has 1 aromatic heterocycles. The van der Waals surface area contributed by atoms with Crippen molar-refractivity contribution in [2.24, 2.45) is 17.4 Å². The van der Waals surface area contributed by atoms with Gasteiger partial charge < -0.3 is 42.6 Å². The van der Waals surface area contributed by atoms with Gasteiger partial charge in [-0.3, -0.25) is 28.8 Å². The van der Waals surface area contributed by atoms with Gasteiger partial charge in [-0.05, 0) is 54.2 Å². The maximum Gasteiger partial charge on any atom is 0.317 e. The number of hydrogen-bond donors (Lipinski definition) is 8. The molecule has 4 atom stereocenters. The fourth-order valence-corrected chi connectivity index (χ4v) is 5.41. The molecule has 14 nitrogen and oxygen atoms in total. The predicted octanol–water partition coefficient (Wildman–Crippen LogP) is 0.802. The minimum Gasteiger partial charge on any atom is -0.481 e. The van der Waals surface area contributed by atoms with Crippen LogP contribution in [0.25, 0.3) is 10.9 Å². The molecule has 10 N–H and O–H groups in total. The molecule has 0 saturated carbocycles. The number of H-pyrrole nitrogens is 1. The first-order valence-electron chi connectivity index (χ1n) is 14.5. The molecule has 1 heterocycles. The number of aliphatic carboxylic acids is 2. The molecule has 0 saturated heterocycles. The number of halogens is 1. The van der Waals surface area contributed by atoms with Crippen LogP contribution < -0.4 is 27.4 Å². The molecule has 4 amide bonds. The van der Waals surface area contributed by atoms with Gasteiger partial charge in [-0.2, -0.15) is 11.8 Å². The molecule has 0 fully saturated rings. The van der Waals surface area contributed by atoms with Crippen LogP contribution in [0.5, 0.6) is 0 Å². The zero-order valence-electron chi connectivity index (χ0n) is 25.4. The lowest BCUT2D eigenvalue weighted by Crippen LogP contribution is -2.58. The topological polar surface area (TPSA) is 247 Å². The first-order valence-corrected chi connectivity index (χ1v) is 16.3. The highest BCUT2D eigenvalue weighted by molar-refractivity contribution is 7.98. The maximum atomic E-state index is 13.6. The number of thioether (sulfide) groups is 1. The zero-order chi connectivity index (χ0) is 34.7. The Morgan fingerprint density at radius 3 is 2.06 bits per heavy atom. The Hall–Kier alpha value is -4.60. The number of aromatic amines is 1. The van der Waals surface area contributed by atoms with E-state index in [9.17, 15) is 39.0 Å². The lowest BCUT2D eigenvalue weighted by molar-refractivity contribution is -0.155. The summed E-state index contributed by atoms with van der Waals surface area (Å²) in [5.74, 6) is -8.41. The fourth-order valence-electron chi connectivity index (χ4n) is 4.81. The van der Waals surface area contributed by atoms with E-state index in [2.05, 4.69) is 20.9 Å². The van der Waals surface area contributed by atoms with E-state index < -0.39 is 72.1 Å². The van der Waals surface area contributed by atoms with E-state index in [1.807, 2.05) is 30.5 Å². The van der Waals surface area contributed by atoms with Gasteiger partial charge in [0, 0.05) is 35.0 Å². The third-order valence-corrected chi connectivity index (χ3v) is 8.30. The average Bonchev–Trinajstić information content (AvgIpc) is 3.43. The lowest BCUT2D eigenvalue weighted by Gasteiger charge is -2.26. The number of amides is 4. The number of benzene rings is 2. The Balaban J connectivity index is 1.80. The highest BCUT2D eigenvalue weighted by Crippen LogP contribution is 2.19. The van der Waals surface area contributed by atoms with Crippen molar-refractivity contribution >= 4 is 69.8 Å². The van der Waals surface area contributed by atoms with Gasteiger partial charge in [-0.15, -0.1) is 0 Å². The molecule has 0 spiro atoms. The van der Waals surface area contributed by atoms with Crippen LogP contribution in [0.1, 0.15) is 24.0 Å². The van der Waals surface area contributed by atoms with Gasteiger partial charge in [0.25, 0.3) is 0 Å². The molecule has 3 rings (SSSR count). The number of rotatable bonds is 18. The van der Waals surface area contributed by atoms with Crippen LogP contribution in [0.15, 0.2) is 54.7 Å². The van der Waals surface area contributed by atoms with Crippen LogP contribution in [0.4, 0.5) is 0 Å². The van der Waals surface area contributed by atoms with Crippen LogP contribution in [0, 0.1) is 5.92 Å². The van der Waals surface area contributed by atoms with Gasteiger partial charge in [0.05, 0.1) is 6.04 Å². The monoisotopic (exact) mass is 688 g/mol. The van der Waals surface area contributed by atoms with Crippen molar-refractivity contribution in [2.75, 3.05) is 12.0 Å². The predicted molar refractivity (Wildman–Crippen MR) is 176 cm³/mol. The Labute approximate surface area is 279 Å². The Morgan fingerprint density at radius 1 is 0.851 bits per heavy atom. The van der Waals surface area contributed by atoms with E-state index in [0.717, 1.165) is 16.5 Å². The molecule has 0 aliphatic carbocycles. The number of primary amides is 1. The van der Waals surface area contributed by atoms with Crippen molar-refractivity contribution in [2.45, 2.75) is 49.9 Å². The molecule has 0 aliphatic heterocycles. The average molecular weight is 689 g/mol. The molecular formula is C31H37ClN6O8S. The van der Waals surface area contributed by atoms with Gasteiger partial charge in [-0.25, -0.2) is 0 Å². The van der Waals surface area contributed by atoms with Gasteiger partial charge >= 0.3 is 11.9 Å². The van der Waals surface area contributed by atoms with E-state index in [4.69, 9.17) is 23.1 Å². The second-order valence-electron chi connectivity index (χ2n) is 10.8. The summed E-state index contributed by atoms with van der Waals surface area (Å²) in [4.78, 5) is 78.3. The Morgan fingerprint density at radius 2 is 1.45 bits per heavy atom. The molecule has 252 valence electrons. The quantitative estimate of drug-likeness (QED) is 0.0873. The van der Waals surface area contributed by atoms with E-state index in [0.29, 0.717) is 16.3 Å². The lowest BCUT2D eigenvalue weighted by atomic mass is 9.98. The number of fused-ring (bicyclic) bond motifs is 1. The summed E-state index contributed by atoms with van der Waals surface area (Å²) in [7, 11) is 0. The summed E-state index contributed by atoms with van der Waals surface area (Å²) in [5.41, 5.74) is 13.9. The van der Waals surface area contributed by atoms with Crippen LogP contribution >= 0.6 is 23.4 Å². The van der Waals surface area contributed by atoms with Gasteiger partial charge in [0.1, 0.15) is 18.1 Å². The minimum atomic E-state index is -2.03. The molecule has 0 bridgehead atoms. The summed E-state index contributed by atoms with van der Waals surface area (Å²) in [6, 6.07) is 8.77. The third-order valence-electron chi connectivity index (χ3n) is 7.41. The molecule has 0 radical (unpaired) electrons. The summed E-state index contributed by atoms with van der Waals surface area (Å²) < 4.78 is 0. The van der Waals surface area contributed by atoms with Gasteiger partial charge in [0.2, 0.25) is 23.6 Å². The van der Waals surface area contributed by atoms with Crippen LogP contribution in [0.3, 0.4) is 0 Å². The van der Waals surface area contributed by atoms with E-state index in [1.165, 1.54) is 11.8 Å². The standard InChI is InChI=1S/C31H37ClN6O8S/c1-47-11-10-23(36-27(40)21(33)13-17-15-35-22-5-3-2-4-19(17)22)28(41)38-25(12-16-6-8-18(32)9-7-16)29(42)37-24(26(34)39)14-20(30(43)44)31(45)46/h2-9,15,20-21,23-25,35H,10-14,33H2,1H3,(H2,34,39)(H,36,40)(H,37,42)(H,38,41)(H,43,44)(H,45,46)/t21-,23+,24-,25+/m1/s1. The number of carbonyl (C=O) groups excluding carboxylic acids is 4. The fraction of sp³-hybridized carbons (Fsp3) is 0.355. The largest absolute Gasteiger partial charge is 0.481 e. The third kappa shape index (κ3) is 10.7. The van der Waals surface area contributed by atoms with Crippen molar-refractivity contribution in [1.82, 2.24) is 20.9 Å². The van der Waals surface area contributed by atoms with E-state index in [-0.39, 0.29) is 19.3 Å². The molecular weight excluding hydrogens is 652 g/mol. The number of nitrogens with two attached hydrogens (primary N) is 2. The first-order chi connectivity index (χ1) is 22.3. The first kappa shape index (κ1) is 36.9. The smallest absolute Gasteiger partial charge is 0.317 e. The summed E-state index contributed by atoms with van der Waals surface area (Å²) in [5, 5.41) is 27.4. The van der Waals surface area contributed by atoms with Crippen molar-refractivity contribution in [3.63, 3.8) is 0 Å². The van der Waals surface area contributed by atoms with Crippen molar-refractivity contribution in [3.8, 4) is 0 Å². The number of carboxylic acids is 2. The number of aromatic nitrogens is 1. The summed E-state index contributed by atoms with van der Waals surface area (Å²) in [6.07, 6.45) is 3.04. The van der Waals surface area contributed by atoms with Crippen LogP contribution in [-0.4, -0.2) is 86.9 Å². The highest BCUT2D eigenvalue weighted by atomic mass is 35.5. The summed E-state index contributed by atoms with van der Waals surface area (Å²) >= 11 is 7.42. The maximum absolute atomic E-state index is 13.6. The highest BCUT2D eigenvalue weighted by Gasteiger charge is 2.35. The van der Waals surface area contributed by atoms with Gasteiger partial charge in [-0.1, -0.05) is 41.9 Å². The second kappa shape index (κ2) is 17.4. The van der Waals surface area contributed by atoms with Crippen molar-refractivity contribution in [1.29, 1.82) is 0 Å². The molecule has 0 unspecified atom stereocenters. The minimum absolute atomic E-state index is 0.106. The molecule has 3 aromatic rings. The van der Waals surface area contributed by atoms with E-state index in [1.54, 1.807) is 30.5 Å². The number of carbonyl (C=O) groups is 6. The van der Waals surface area contributed by atoms with E-state index >= 15 is 0 Å². The number of hydrogen-bond acceptors (Lipinski definition) is 8. The molecule has 2 aromatic carbocycles. The van der Waals surface area contributed by atoms with Crippen molar-refractivity contribution in [3.05, 3.63) is 70.9 Å². The Kier molecular flexibility index (Phi) is 13.6.